The Morgan fingerprint density at radius 3 is 2.19 bits per heavy atom. The van der Waals surface area contributed by atoms with Crippen LogP contribution in [0.25, 0.3) is 0 Å². The van der Waals surface area contributed by atoms with Crippen molar-refractivity contribution in [3.63, 3.8) is 0 Å². The van der Waals surface area contributed by atoms with E-state index in [9.17, 15) is 34.1 Å². The van der Waals surface area contributed by atoms with Crippen LogP contribution in [-0.2, 0) is 43.4 Å². The van der Waals surface area contributed by atoms with Crippen molar-refractivity contribution in [2.24, 2.45) is 11.7 Å². The lowest BCUT2D eigenvalue weighted by molar-refractivity contribution is -0.384. The molecule has 0 unspecified atom stereocenters. The highest BCUT2D eigenvalue weighted by Gasteiger charge is 2.30. The maximum absolute atomic E-state index is 13.9. The molecule has 1 aliphatic rings. The number of nitrogens with zero attached hydrogens (tertiary/aromatic N) is 2. The largest absolute Gasteiger partial charge is 0.445 e. The SMILES string of the molecule is CC(C)C[C@H](NC(=O)OCc1ccccc1)C(=O)N[C@@H](Cc1ccccc1)C(=O)N[C@H](/C=C/C(=O)N1CCc2ccc([N+](=O)[O-])cc21)CCC(N)=O. The molecule has 0 aliphatic carbocycles. The first-order valence-electron chi connectivity index (χ1n) is 17.1. The topological polar surface area (TPSA) is 203 Å². The van der Waals surface area contributed by atoms with Gasteiger partial charge in [-0.15, -0.1) is 0 Å². The molecule has 0 radical (unpaired) electrons. The number of nitro benzene ring substituents is 1. The van der Waals surface area contributed by atoms with Gasteiger partial charge in [-0.3, -0.25) is 29.3 Å². The molecule has 14 heteroatoms. The second kappa shape index (κ2) is 18.8. The molecule has 0 bridgehead atoms. The van der Waals surface area contributed by atoms with E-state index in [4.69, 9.17) is 10.5 Å². The summed E-state index contributed by atoms with van der Waals surface area (Å²) in [4.78, 5) is 77.5. The van der Waals surface area contributed by atoms with Crippen molar-refractivity contribution in [1.82, 2.24) is 16.0 Å². The molecule has 3 aromatic carbocycles. The third-order valence-corrected chi connectivity index (χ3v) is 8.39. The van der Waals surface area contributed by atoms with E-state index in [2.05, 4.69) is 16.0 Å². The number of hydrogen-bond acceptors (Lipinski definition) is 8. The second-order valence-electron chi connectivity index (χ2n) is 12.9. The number of carbonyl (C=O) groups is 5. The minimum Gasteiger partial charge on any atom is -0.445 e. The summed E-state index contributed by atoms with van der Waals surface area (Å²) in [5, 5.41) is 19.6. The highest BCUT2D eigenvalue weighted by molar-refractivity contribution is 6.03. The highest BCUT2D eigenvalue weighted by atomic mass is 16.6. The van der Waals surface area contributed by atoms with E-state index in [-0.39, 0.29) is 43.9 Å². The summed E-state index contributed by atoms with van der Waals surface area (Å²) < 4.78 is 5.34. The van der Waals surface area contributed by atoms with Crippen molar-refractivity contribution in [2.45, 2.75) is 70.7 Å². The quantitative estimate of drug-likeness (QED) is 0.0917. The standard InChI is InChI=1S/C38H44N6O8/c1-25(2)21-31(42-38(49)52-24-27-11-7-4-8-12-27)37(48)41-32(22-26-9-5-3-6-10-26)36(47)40-29(14-17-34(39)45)15-18-35(46)43-20-19-28-13-16-30(44(50)51)23-33(28)43/h3-13,15-16,18,23,25,29,31-32H,14,17,19-22,24H2,1-2H3,(H2,39,45)(H,40,47)(H,41,48)(H,42,49)/b18-15+/t29-,31-,32-/m0/s1. The Labute approximate surface area is 301 Å². The number of hydrogen-bond donors (Lipinski definition) is 4. The third kappa shape index (κ3) is 11.8. The number of benzene rings is 3. The van der Waals surface area contributed by atoms with E-state index in [1.165, 1.54) is 29.2 Å². The van der Waals surface area contributed by atoms with E-state index in [0.29, 0.717) is 18.7 Å². The molecule has 5 N–H and O–H groups in total. The van der Waals surface area contributed by atoms with Crippen molar-refractivity contribution in [1.29, 1.82) is 0 Å². The fourth-order valence-corrected chi connectivity index (χ4v) is 5.74. The summed E-state index contributed by atoms with van der Waals surface area (Å²) in [6.45, 7) is 4.11. The van der Waals surface area contributed by atoms with Crippen LogP contribution in [0.5, 0.6) is 0 Å². The Kier molecular flexibility index (Phi) is 14.0. The van der Waals surface area contributed by atoms with E-state index in [1.54, 1.807) is 42.5 Å². The fraction of sp³-hybridized carbons (Fsp3) is 0.342. The number of amides is 5. The Morgan fingerprint density at radius 2 is 1.56 bits per heavy atom. The van der Waals surface area contributed by atoms with Gasteiger partial charge in [0.25, 0.3) is 11.6 Å². The fourth-order valence-electron chi connectivity index (χ4n) is 5.74. The molecule has 52 heavy (non-hydrogen) atoms. The Balaban J connectivity index is 1.50. The average Bonchev–Trinajstić information content (AvgIpc) is 3.55. The monoisotopic (exact) mass is 712 g/mol. The van der Waals surface area contributed by atoms with Crippen LogP contribution in [0.4, 0.5) is 16.2 Å². The number of fused-ring (bicyclic) bond motifs is 1. The predicted octanol–water partition coefficient (Wildman–Crippen LogP) is 3.86. The third-order valence-electron chi connectivity index (χ3n) is 8.39. The summed E-state index contributed by atoms with van der Waals surface area (Å²) in [5.41, 5.74) is 8.01. The van der Waals surface area contributed by atoms with Crippen molar-refractivity contribution in [3.8, 4) is 0 Å². The summed E-state index contributed by atoms with van der Waals surface area (Å²) in [6.07, 6.45) is 2.73. The lowest BCUT2D eigenvalue weighted by atomic mass is 10.0. The van der Waals surface area contributed by atoms with Crippen LogP contribution < -0.4 is 26.6 Å². The van der Waals surface area contributed by atoms with Crippen LogP contribution in [-0.4, -0.2) is 59.3 Å². The molecular weight excluding hydrogens is 668 g/mol. The minimum absolute atomic E-state index is 0.00105. The minimum atomic E-state index is -1.11. The maximum atomic E-state index is 13.9. The van der Waals surface area contributed by atoms with Crippen LogP contribution in [0.2, 0.25) is 0 Å². The summed E-state index contributed by atoms with van der Waals surface area (Å²) >= 11 is 0. The van der Waals surface area contributed by atoms with Crippen LogP contribution in [0.1, 0.15) is 49.8 Å². The van der Waals surface area contributed by atoms with Gasteiger partial charge in [0.05, 0.1) is 10.6 Å². The predicted molar refractivity (Wildman–Crippen MR) is 194 cm³/mol. The molecule has 0 saturated heterocycles. The molecule has 0 saturated carbocycles. The summed E-state index contributed by atoms with van der Waals surface area (Å²) in [5.74, 6) is -2.27. The van der Waals surface area contributed by atoms with Crippen LogP contribution in [0.15, 0.2) is 91.0 Å². The zero-order valence-corrected chi connectivity index (χ0v) is 29.2. The molecule has 0 spiro atoms. The van der Waals surface area contributed by atoms with Gasteiger partial charge in [-0.1, -0.05) is 86.7 Å². The van der Waals surface area contributed by atoms with Crippen LogP contribution in [0, 0.1) is 16.0 Å². The molecule has 1 aliphatic heterocycles. The van der Waals surface area contributed by atoms with Gasteiger partial charge >= 0.3 is 6.09 Å². The van der Waals surface area contributed by atoms with Crippen LogP contribution >= 0.6 is 0 Å². The smallest absolute Gasteiger partial charge is 0.408 e. The molecule has 3 aromatic rings. The van der Waals surface area contributed by atoms with E-state index >= 15 is 0 Å². The molecule has 0 fully saturated rings. The van der Waals surface area contributed by atoms with E-state index < -0.39 is 52.8 Å². The second-order valence-corrected chi connectivity index (χ2v) is 12.9. The van der Waals surface area contributed by atoms with Gasteiger partial charge in [0.1, 0.15) is 18.7 Å². The van der Waals surface area contributed by atoms with E-state index in [1.807, 2.05) is 38.1 Å². The van der Waals surface area contributed by atoms with E-state index in [0.717, 1.165) is 16.7 Å². The number of carbonyl (C=O) groups excluding carboxylic acids is 5. The first-order valence-corrected chi connectivity index (χ1v) is 17.1. The number of nitrogens with two attached hydrogens (primary N) is 1. The maximum Gasteiger partial charge on any atom is 0.408 e. The number of ether oxygens (including phenoxy) is 1. The number of alkyl carbamates (subject to hydrolysis) is 1. The number of non-ortho nitro benzene ring substituents is 1. The lowest BCUT2D eigenvalue weighted by Gasteiger charge is -2.25. The van der Waals surface area contributed by atoms with Crippen molar-refractivity contribution in [3.05, 3.63) is 118 Å². The molecule has 14 nitrogen and oxygen atoms in total. The molecule has 5 amide bonds. The van der Waals surface area contributed by atoms with Crippen molar-refractivity contribution in [2.75, 3.05) is 11.4 Å². The number of anilines is 1. The molecular formula is C38H44N6O8. The first kappa shape index (κ1) is 38.7. The van der Waals surface area contributed by atoms with Crippen molar-refractivity contribution < 1.29 is 33.6 Å². The molecule has 4 rings (SSSR count). The van der Waals surface area contributed by atoms with Gasteiger partial charge in [-0.05, 0) is 41.9 Å². The van der Waals surface area contributed by atoms with Gasteiger partial charge in [-0.25, -0.2) is 4.79 Å². The van der Waals surface area contributed by atoms with Gasteiger partial charge in [-0.2, -0.15) is 0 Å². The number of nitro groups is 1. The number of rotatable bonds is 17. The normalized spacial score (nSPS) is 13.9. The zero-order valence-electron chi connectivity index (χ0n) is 29.2. The Hall–Kier alpha value is -6.05. The van der Waals surface area contributed by atoms with Crippen molar-refractivity contribution >= 4 is 41.1 Å². The molecule has 3 atom stereocenters. The Morgan fingerprint density at radius 1 is 0.904 bits per heavy atom. The zero-order chi connectivity index (χ0) is 37.6. The Bertz CT molecular complexity index is 1770. The molecule has 0 aromatic heterocycles. The molecule has 1 heterocycles. The summed E-state index contributed by atoms with van der Waals surface area (Å²) in [7, 11) is 0. The number of primary amides is 1. The van der Waals surface area contributed by atoms with Gasteiger partial charge in [0.2, 0.25) is 17.7 Å². The molecule has 274 valence electrons. The number of nitrogens with one attached hydrogen (secondary N) is 3. The van der Waals surface area contributed by atoms with Gasteiger partial charge in [0, 0.05) is 43.6 Å². The highest BCUT2D eigenvalue weighted by Crippen LogP contribution is 2.31. The lowest BCUT2D eigenvalue weighted by Crippen LogP contribution is -2.55. The van der Waals surface area contributed by atoms with Gasteiger partial charge < -0.3 is 31.3 Å². The summed E-state index contributed by atoms with van der Waals surface area (Å²) in [6, 6.07) is 19.5. The first-order chi connectivity index (χ1) is 24.9. The van der Waals surface area contributed by atoms with Gasteiger partial charge in [0.15, 0.2) is 0 Å². The average molecular weight is 713 g/mol. The van der Waals surface area contributed by atoms with Crippen LogP contribution in [0.3, 0.4) is 0 Å².